The number of piperazine rings is 1. The highest BCUT2D eigenvalue weighted by atomic mass is 16.2. The quantitative estimate of drug-likeness (QED) is 0.917. The molecule has 1 fully saturated rings. The minimum absolute atomic E-state index is 0.0258. The average molecular weight is 303 g/mol. The number of carbonyl (C=O) groups excluding carboxylic acids is 2. The number of carbonyl (C=O) groups is 2. The van der Waals surface area contributed by atoms with Crippen LogP contribution in [0.15, 0.2) is 30.3 Å². The largest absolute Gasteiger partial charge is 0.368 e. The highest BCUT2D eigenvalue weighted by molar-refractivity contribution is 5.87. The number of anilines is 1. The summed E-state index contributed by atoms with van der Waals surface area (Å²) < 4.78 is 0. The first-order valence-electron chi connectivity index (χ1n) is 7.85. The predicted molar refractivity (Wildman–Crippen MR) is 87.7 cm³/mol. The molecule has 1 aliphatic rings. The molecule has 1 heterocycles. The fourth-order valence-electron chi connectivity index (χ4n) is 2.75. The van der Waals surface area contributed by atoms with Gasteiger partial charge in [0.1, 0.15) is 6.04 Å². The Kier molecular flexibility index (Phi) is 5.41. The third-order valence-electron chi connectivity index (χ3n) is 4.00. The maximum Gasteiger partial charge on any atom is 0.245 e. The van der Waals surface area contributed by atoms with Crippen LogP contribution >= 0.6 is 0 Å². The molecule has 5 heteroatoms. The van der Waals surface area contributed by atoms with Gasteiger partial charge in [0.2, 0.25) is 11.8 Å². The predicted octanol–water partition coefficient (Wildman–Crippen LogP) is 1.50. The average Bonchev–Trinajstić information content (AvgIpc) is 2.52. The molecule has 1 atom stereocenters. The van der Waals surface area contributed by atoms with Crippen molar-refractivity contribution in [2.75, 3.05) is 31.1 Å². The van der Waals surface area contributed by atoms with E-state index in [1.807, 2.05) is 36.9 Å². The zero-order chi connectivity index (χ0) is 16.1. The molecule has 0 radical (unpaired) electrons. The summed E-state index contributed by atoms with van der Waals surface area (Å²) in [5, 5.41) is 2.78. The van der Waals surface area contributed by atoms with Crippen LogP contribution in [0.25, 0.3) is 0 Å². The topological polar surface area (TPSA) is 52.7 Å². The Morgan fingerprint density at radius 2 is 1.64 bits per heavy atom. The van der Waals surface area contributed by atoms with Crippen LogP contribution in [0, 0.1) is 5.92 Å². The summed E-state index contributed by atoms with van der Waals surface area (Å²) in [5.41, 5.74) is 1.19. The van der Waals surface area contributed by atoms with Gasteiger partial charge in [-0.2, -0.15) is 0 Å². The minimum atomic E-state index is -0.430. The van der Waals surface area contributed by atoms with Crippen molar-refractivity contribution in [3.8, 4) is 0 Å². The van der Waals surface area contributed by atoms with E-state index in [0.717, 1.165) is 13.1 Å². The van der Waals surface area contributed by atoms with Gasteiger partial charge in [-0.15, -0.1) is 0 Å². The lowest BCUT2D eigenvalue weighted by molar-refractivity contribution is -0.137. The molecule has 1 saturated heterocycles. The second kappa shape index (κ2) is 7.29. The van der Waals surface area contributed by atoms with Gasteiger partial charge in [0.05, 0.1) is 0 Å². The molecule has 120 valence electrons. The summed E-state index contributed by atoms with van der Waals surface area (Å²) in [6, 6.07) is 9.80. The van der Waals surface area contributed by atoms with Crippen molar-refractivity contribution in [1.29, 1.82) is 0 Å². The Morgan fingerprint density at radius 3 is 2.14 bits per heavy atom. The lowest BCUT2D eigenvalue weighted by atomic mass is 10.0. The van der Waals surface area contributed by atoms with E-state index in [9.17, 15) is 9.59 Å². The third kappa shape index (κ3) is 4.00. The molecule has 0 aromatic heterocycles. The Morgan fingerprint density at radius 1 is 1.05 bits per heavy atom. The van der Waals surface area contributed by atoms with Gasteiger partial charge in [-0.05, 0) is 18.1 Å². The lowest BCUT2D eigenvalue weighted by Gasteiger charge is -2.38. The molecule has 1 aliphatic heterocycles. The van der Waals surface area contributed by atoms with Crippen molar-refractivity contribution in [2.45, 2.75) is 26.8 Å². The van der Waals surface area contributed by atoms with E-state index >= 15 is 0 Å². The van der Waals surface area contributed by atoms with Crippen LogP contribution in [0.4, 0.5) is 5.69 Å². The highest BCUT2D eigenvalue weighted by Gasteiger charge is 2.30. The molecule has 2 rings (SSSR count). The van der Waals surface area contributed by atoms with Gasteiger partial charge in [-0.25, -0.2) is 0 Å². The van der Waals surface area contributed by atoms with E-state index in [4.69, 9.17) is 0 Å². The second-order valence-corrected chi connectivity index (χ2v) is 6.07. The molecule has 0 spiro atoms. The zero-order valence-electron chi connectivity index (χ0n) is 13.6. The van der Waals surface area contributed by atoms with Crippen molar-refractivity contribution in [3.63, 3.8) is 0 Å². The molecule has 5 nitrogen and oxygen atoms in total. The first-order valence-corrected chi connectivity index (χ1v) is 7.85. The molecule has 1 N–H and O–H groups in total. The number of rotatable bonds is 4. The Hall–Kier alpha value is -2.04. The van der Waals surface area contributed by atoms with Crippen molar-refractivity contribution in [3.05, 3.63) is 30.3 Å². The van der Waals surface area contributed by atoms with Gasteiger partial charge < -0.3 is 15.1 Å². The van der Waals surface area contributed by atoms with Crippen LogP contribution in [-0.4, -0.2) is 48.9 Å². The van der Waals surface area contributed by atoms with Crippen molar-refractivity contribution < 1.29 is 9.59 Å². The Bertz CT molecular complexity index is 508. The SMILES string of the molecule is CC(=O)N[C@H](C(=O)N1CCN(c2ccccc2)CC1)C(C)C. The summed E-state index contributed by atoms with van der Waals surface area (Å²) in [6.07, 6.45) is 0. The molecule has 1 aromatic carbocycles. The Balaban J connectivity index is 1.95. The maximum atomic E-state index is 12.6. The number of hydrogen-bond donors (Lipinski definition) is 1. The summed E-state index contributed by atoms with van der Waals surface area (Å²) in [6.45, 7) is 8.39. The van der Waals surface area contributed by atoms with E-state index in [1.54, 1.807) is 0 Å². The van der Waals surface area contributed by atoms with Crippen LogP contribution in [0.3, 0.4) is 0 Å². The van der Waals surface area contributed by atoms with E-state index in [1.165, 1.54) is 12.6 Å². The monoisotopic (exact) mass is 303 g/mol. The van der Waals surface area contributed by atoms with E-state index in [2.05, 4.69) is 22.3 Å². The molecule has 22 heavy (non-hydrogen) atoms. The maximum absolute atomic E-state index is 12.6. The van der Waals surface area contributed by atoms with Gasteiger partial charge in [0.15, 0.2) is 0 Å². The zero-order valence-corrected chi connectivity index (χ0v) is 13.6. The van der Waals surface area contributed by atoms with E-state index in [-0.39, 0.29) is 17.7 Å². The lowest BCUT2D eigenvalue weighted by Crippen LogP contribution is -2.56. The summed E-state index contributed by atoms with van der Waals surface area (Å²) >= 11 is 0. The first-order chi connectivity index (χ1) is 10.5. The van der Waals surface area contributed by atoms with Gasteiger partial charge in [-0.3, -0.25) is 9.59 Å². The molecule has 2 amide bonds. The Labute approximate surface area is 132 Å². The smallest absolute Gasteiger partial charge is 0.245 e. The standard InChI is InChI=1S/C17H25N3O2/c1-13(2)16(18-14(3)21)17(22)20-11-9-19(10-12-20)15-7-5-4-6-8-15/h4-8,13,16H,9-12H2,1-3H3,(H,18,21)/t16-/m0/s1. The number of nitrogens with zero attached hydrogens (tertiary/aromatic N) is 2. The van der Waals surface area contributed by atoms with Crippen LogP contribution in [-0.2, 0) is 9.59 Å². The number of para-hydroxylation sites is 1. The molecular weight excluding hydrogens is 278 g/mol. The van der Waals surface area contributed by atoms with Crippen molar-refractivity contribution in [1.82, 2.24) is 10.2 Å². The number of amides is 2. The van der Waals surface area contributed by atoms with Gasteiger partial charge in [0.25, 0.3) is 0 Å². The number of hydrogen-bond acceptors (Lipinski definition) is 3. The molecule has 0 aliphatic carbocycles. The van der Waals surface area contributed by atoms with Gasteiger partial charge in [-0.1, -0.05) is 32.0 Å². The van der Waals surface area contributed by atoms with Crippen LogP contribution in [0.1, 0.15) is 20.8 Å². The van der Waals surface area contributed by atoms with Crippen molar-refractivity contribution >= 4 is 17.5 Å². The van der Waals surface area contributed by atoms with Gasteiger partial charge >= 0.3 is 0 Å². The fraction of sp³-hybridized carbons (Fsp3) is 0.529. The van der Waals surface area contributed by atoms with Crippen molar-refractivity contribution in [2.24, 2.45) is 5.92 Å². The molecule has 0 bridgehead atoms. The first kappa shape index (κ1) is 16.3. The molecule has 0 unspecified atom stereocenters. The summed E-state index contributed by atoms with van der Waals surface area (Å²) in [7, 11) is 0. The third-order valence-corrected chi connectivity index (χ3v) is 4.00. The van der Waals surface area contributed by atoms with E-state index in [0.29, 0.717) is 13.1 Å². The van der Waals surface area contributed by atoms with Crippen LogP contribution in [0.2, 0.25) is 0 Å². The fourth-order valence-corrected chi connectivity index (χ4v) is 2.75. The summed E-state index contributed by atoms with van der Waals surface area (Å²) in [5.74, 6) is -0.0450. The number of benzene rings is 1. The van der Waals surface area contributed by atoms with E-state index < -0.39 is 6.04 Å². The van der Waals surface area contributed by atoms with Crippen LogP contribution < -0.4 is 10.2 Å². The second-order valence-electron chi connectivity index (χ2n) is 6.07. The molecular formula is C17H25N3O2. The summed E-state index contributed by atoms with van der Waals surface area (Å²) in [4.78, 5) is 28.0. The minimum Gasteiger partial charge on any atom is -0.368 e. The highest BCUT2D eigenvalue weighted by Crippen LogP contribution is 2.16. The molecule has 0 saturated carbocycles. The molecule has 1 aromatic rings. The van der Waals surface area contributed by atoms with Crippen LogP contribution in [0.5, 0.6) is 0 Å². The normalized spacial score (nSPS) is 16.5. The number of nitrogens with one attached hydrogen (secondary N) is 1. The van der Waals surface area contributed by atoms with Gasteiger partial charge in [0, 0.05) is 38.8 Å².